The van der Waals surface area contributed by atoms with Gasteiger partial charge in [0.2, 0.25) is 0 Å². The van der Waals surface area contributed by atoms with Gasteiger partial charge < -0.3 is 19.8 Å². The highest BCUT2D eigenvalue weighted by Gasteiger charge is 2.20. The Morgan fingerprint density at radius 1 is 1.05 bits per heavy atom. The molecule has 3 aromatic rings. The molecule has 0 saturated heterocycles. The number of nitrogens with zero attached hydrogens (tertiary/aromatic N) is 3. The lowest BCUT2D eigenvalue weighted by atomic mass is 9.89. The monoisotopic (exact) mass is 509 g/mol. The summed E-state index contributed by atoms with van der Waals surface area (Å²) in [5.41, 5.74) is 3.80. The second-order valence-electron chi connectivity index (χ2n) is 8.70. The van der Waals surface area contributed by atoms with Crippen LogP contribution in [0.1, 0.15) is 18.1 Å². The van der Waals surface area contributed by atoms with Gasteiger partial charge in [-0.05, 0) is 81.4 Å². The van der Waals surface area contributed by atoms with E-state index in [0.717, 1.165) is 35.3 Å². The van der Waals surface area contributed by atoms with Gasteiger partial charge in [-0.3, -0.25) is 4.79 Å². The Hall–Kier alpha value is -4.31. The third-order valence-electron chi connectivity index (χ3n) is 5.82. The minimum absolute atomic E-state index is 0.196. The predicted octanol–water partition coefficient (Wildman–Crippen LogP) is 3.18. The maximum absolute atomic E-state index is 13.8. The molecular formula is C27H28FN3O6. The third-order valence-corrected chi connectivity index (χ3v) is 5.82. The standard InChI is InChI=1S/C23H24FN3O2.C4H4O4/c1-15(26(2)3)14-29-20-10-8-19(9-11-20)27-22(28)12-17-5-4-16-6-7-18(24)13-21(16)23(17)25-27;5-3(6)1-2-4(7)8/h6-13,15H,4-5,14H2,1-3H3;1-2H,(H,5,6)(H,7,8)/b;2-1+. The van der Waals surface area contributed by atoms with Gasteiger partial charge >= 0.3 is 11.9 Å². The highest BCUT2D eigenvalue weighted by molar-refractivity contribution is 5.89. The van der Waals surface area contributed by atoms with Crippen molar-refractivity contribution in [1.29, 1.82) is 0 Å². The molecule has 0 radical (unpaired) electrons. The smallest absolute Gasteiger partial charge is 0.328 e. The second-order valence-corrected chi connectivity index (χ2v) is 8.70. The number of aromatic nitrogens is 2. The number of carbonyl (C=O) groups is 2. The van der Waals surface area contributed by atoms with Crippen LogP contribution in [0.5, 0.6) is 5.75 Å². The van der Waals surface area contributed by atoms with E-state index < -0.39 is 11.9 Å². The minimum Gasteiger partial charge on any atom is -0.492 e. The molecule has 0 fully saturated rings. The van der Waals surface area contributed by atoms with Crippen LogP contribution in [0.25, 0.3) is 16.9 Å². The van der Waals surface area contributed by atoms with Crippen molar-refractivity contribution in [3.8, 4) is 22.7 Å². The first-order valence-electron chi connectivity index (χ1n) is 11.5. The number of ether oxygens (including phenoxy) is 1. The molecule has 1 aliphatic rings. The van der Waals surface area contributed by atoms with Crippen LogP contribution < -0.4 is 10.3 Å². The number of aryl methyl sites for hydroxylation is 2. The summed E-state index contributed by atoms with van der Waals surface area (Å²) in [5.74, 6) is -2.08. The SMILES string of the molecule is CC(COc1ccc(-n2nc3c(cc2=O)CCc2ccc(F)cc2-3)cc1)N(C)C.O=C(O)/C=C/C(=O)O. The van der Waals surface area contributed by atoms with Crippen molar-refractivity contribution in [2.24, 2.45) is 0 Å². The summed E-state index contributed by atoms with van der Waals surface area (Å²) >= 11 is 0. The zero-order chi connectivity index (χ0) is 27.1. The van der Waals surface area contributed by atoms with Gasteiger partial charge in [-0.25, -0.2) is 14.0 Å². The van der Waals surface area contributed by atoms with Crippen LogP contribution in [-0.2, 0) is 22.4 Å². The van der Waals surface area contributed by atoms with Crippen molar-refractivity contribution in [2.75, 3.05) is 20.7 Å². The highest BCUT2D eigenvalue weighted by Crippen LogP contribution is 2.31. The Morgan fingerprint density at radius 3 is 2.27 bits per heavy atom. The molecule has 0 aliphatic heterocycles. The average molecular weight is 510 g/mol. The lowest BCUT2D eigenvalue weighted by Crippen LogP contribution is -2.30. The Morgan fingerprint density at radius 2 is 1.68 bits per heavy atom. The van der Waals surface area contributed by atoms with Gasteiger partial charge in [-0.15, -0.1) is 0 Å². The van der Waals surface area contributed by atoms with Crippen molar-refractivity contribution >= 4 is 11.9 Å². The van der Waals surface area contributed by atoms with Crippen molar-refractivity contribution < 1.29 is 28.9 Å². The van der Waals surface area contributed by atoms with Crippen LogP contribution in [0, 0.1) is 5.82 Å². The number of carboxylic acid groups (broad SMARTS) is 2. The molecule has 2 aromatic carbocycles. The molecular weight excluding hydrogens is 481 g/mol. The van der Waals surface area contributed by atoms with Crippen LogP contribution in [0.15, 0.2) is 65.5 Å². The van der Waals surface area contributed by atoms with Gasteiger partial charge in [-0.1, -0.05) is 6.07 Å². The normalized spacial score (nSPS) is 12.8. The number of fused-ring (bicyclic) bond motifs is 3. The number of benzene rings is 2. The highest BCUT2D eigenvalue weighted by atomic mass is 19.1. The van der Waals surface area contributed by atoms with E-state index in [1.165, 1.54) is 16.8 Å². The lowest BCUT2D eigenvalue weighted by Gasteiger charge is -2.20. The Labute approximate surface area is 213 Å². The number of aliphatic carboxylic acids is 2. The van der Waals surface area contributed by atoms with E-state index in [-0.39, 0.29) is 11.4 Å². The van der Waals surface area contributed by atoms with Gasteiger partial charge in [0.05, 0.1) is 11.4 Å². The molecule has 0 saturated carbocycles. The fraction of sp³-hybridized carbons (Fsp3) is 0.259. The molecule has 194 valence electrons. The van der Waals surface area contributed by atoms with E-state index in [2.05, 4.69) is 16.9 Å². The van der Waals surface area contributed by atoms with E-state index in [1.807, 2.05) is 38.4 Å². The number of hydrogen-bond acceptors (Lipinski definition) is 6. The molecule has 1 aromatic heterocycles. The van der Waals surface area contributed by atoms with E-state index >= 15 is 0 Å². The van der Waals surface area contributed by atoms with Crippen LogP contribution >= 0.6 is 0 Å². The Balaban J connectivity index is 0.000000414. The average Bonchev–Trinajstić information content (AvgIpc) is 2.86. The fourth-order valence-corrected chi connectivity index (χ4v) is 3.54. The number of likely N-dealkylation sites (N-methyl/N-ethyl adjacent to an activating group) is 1. The Kier molecular flexibility index (Phi) is 8.91. The zero-order valence-corrected chi connectivity index (χ0v) is 20.7. The summed E-state index contributed by atoms with van der Waals surface area (Å²) in [6.45, 7) is 2.66. The summed E-state index contributed by atoms with van der Waals surface area (Å²) in [6.07, 6.45) is 2.63. The molecule has 2 N–H and O–H groups in total. The van der Waals surface area contributed by atoms with Crippen molar-refractivity contribution in [3.63, 3.8) is 0 Å². The van der Waals surface area contributed by atoms with Crippen LogP contribution in [0.4, 0.5) is 4.39 Å². The number of rotatable bonds is 7. The molecule has 4 rings (SSSR count). The van der Waals surface area contributed by atoms with Gasteiger partial charge in [0.25, 0.3) is 5.56 Å². The molecule has 1 unspecified atom stereocenters. The third kappa shape index (κ3) is 7.34. The van der Waals surface area contributed by atoms with E-state index in [4.69, 9.17) is 14.9 Å². The molecule has 1 aliphatic carbocycles. The predicted molar refractivity (Wildman–Crippen MR) is 136 cm³/mol. The molecule has 0 spiro atoms. The Bertz CT molecular complexity index is 1350. The first-order chi connectivity index (χ1) is 17.5. The number of halogens is 1. The van der Waals surface area contributed by atoms with Crippen LogP contribution in [0.2, 0.25) is 0 Å². The van der Waals surface area contributed by atoms with Gasteiger partial charge in [-0.2, -0.15) is 9.78 Å². The van der Waals surface area contributed by atoms with Crippen molar-refractivity contribution in [3.05, 3.63) is 88.0 Å². The van der Waals surface area contributed by atoms with Gasteiger partial charge in [0, 0.05) is 29.8 Å². The lowest BCUT2D eigenvalue weighted by molar-refractivity contribution is -0.134. The fourth-order valence-electron chi connectivity index (χ4n) is 3.54. The summed E-state index contributed by atoms with van der Waals surface area (Å²) < 4.78 is 21.0. The quantitative estimate of drug-likeness (QED) is 0.466. The van der Waals surface area contributed by atoms with E-state index in [9.17, 15) is 18.8 Å². The molecule has 9 nitrogen and oxygen atoms in total. The summed E-state index contributed by atoms with van der Waals surface area (Å²) in [7, 11) is 4.02. The second kappa shape index (κ2) is 12.1. The molecule has 0 amide bonds. The molecule has 1 heterocycles. The maximum atomic E-state index is 13.8. The zero-order valence-electron chi connectivity index (χ0n) is 20.7. The van der Waals surface area contributed by atoms with Gasteiger partial charge in [0.15, 0.2) is 0 Å². The summed E-state index contributed by atoms with van der Waals surface area (Å²) in [6, 6.07) is 14.0. The topological polar surface area (TPSA) is 122 Å². The van der Waals surface area contributed by atoms with E-state index in [1.54, 1.807) is 12.1 Å². The summed E-state index contributed by atoms with van der Waals surface area (Å²) in [4.78, 5) is 33.8. The first-order valence-corrected chi connectivity index (χ1v) is 11.5. The van der Waals surface area contributed by atoms with Crippen LogP contribution in [-0.4, -0.2) is 63.6 Å². The summed E-state index contributed by atoms with van der Waals surface area (Å²) in [5, 5.41) is 20.2. The maximum Gasteiger partial charge on any atom is 0.328 e. The molecule has 0 bridgehead atoms. The van der Waals surface area contributed by atoms with Crippen molar-refractivity contribution in [1.82, 2.24) is 14.7 Å². The largest absolute Gasteiger partial charge is 0.492 e. The minimum atomic E-state index is -1.26. The van der Waals surface area contributed by atoms with Crippen LogP contribution in [0.3, 0.4) is 0 Å². The first kappa shape index (κ1) is 27.3. The molecule has 10 heteroatoms. The molecule has 1 atom stereocenters. The number of hydrogen-bond donors (Lipinski definition) is 2. The van der Waals surface area contributed by atoms with Gasteiger partial charge in [0.1, 0.15) is 18.2 Å². The van der Waals surface area contributed by atoms with Crippen molar-refractivity contribution in [2.45, 2.75) is 25.8 Å². The molecule has 37 heavy (non-hydrogen) atoms. The van der Waals surface area contributed by atoms with E-state index in [0.29, 0.717) is 36.2 Å². The number of carboxylic acids is 2.